The SMILES string of the molecule is CC(C)OCC(O)CNc1c(F)cccc1F. The molecule has 96 valence electrons. The number of anilines is 1. The van der Waals surface area contributed by atoms with Gasteiger partial charge in [-0.3, -0.25) is 0 Å². The molecule has 0 aliphatic rings. The number of para-hydroxylation sites is 1. The number of aliphatic hydroxyl groups is 1. The van der Waals surface area contributed by atoms with E-state index in [0.717, 1.165) is 12.1 Å². The largest absolute Gasteiger partial charge is 0.389 e. The summed E-state index contributed by atoms with van der Waals surface area (Å²) in [5.41, 5.74) is -0.226. The van der Waals surface area contributed by atoms with Crippen LogP contribution in [-0.4, -0.2) is 30.5 Å². The lowest BCUT2D eigenvalue weighted by Gasteiger charge is -2.15. The molecular formula is C12H17F2NO2. The van der Waals surface area contributed by atoms with Crippen LogP contribution in [0, 0.1) is 11.6 Å². The molecular weight excluding hydrogens is 228 g/mol. The zero-order valence-corrected chi connectivity index (χ0v) is 9.91. The minimum atomic E-state index is -0.809. The molecule has 2 N–H and O–H groups in total. The molecule has 1 rings (SSSR count). The van der Waals surface area contributed by atoms with Gasteiger partial charge in [0.1, 0.15) is 17.3 Å². The van der Waals surface area contributed by atoms with Gasteiger partial charge in [0.05, 0.1) is 18.8 Å². The van der Waals surface area contributed by atoms with Crippen molar-refractivity contribution in [3.63, 3.8) is 0 Å². The topological polar surface area (TPSA) is 41.5 Å². The molecule has 1 aromatic carbocycles. The van der Waals surface area contributed by atoms with Gasteiger partial charge in [-0.05, 0) is 26.0 Å². The van der Waals surface area contributed by atoms with Crippen molar-refractivity contribution in [1.82, 2.24) is 0 Å². The van der Waals surface area contributed by atoms with E-state index in [0.29, 0.717) is 0 Å². The first-order valence-corrected chi connectivity index (χ1v) is 5.48. The molecule has 0 aliphatic carbocycles. The van der Waals surface area contributed by atoms with Crippen molar-refractivity contribution in [1.29, 1.82) is 0 Å². The molecule has 0 saturated carbocycles. The van der Waals surface area contributed by atoms with Gasteiger partial charge in [0.2, 0.25) is 0 Å². The third-order valence-electron chi connectivity index (χ3n) is 2.10. The van der Waals surface area contributed by atoms with E-state index in [1.54, 1.807) is 0 Å². The van der Waals surface area contributed by atoms with Crippen LogP contribution in [0.5, 0.6) is 0 Å². The first-order chi connectivity index (χ1) is 8.00. The highest BCUT2D eigenvalue weighted by molar-refractivity contribution is 5.46. The lowest BCUT2D eigenvalue weighted by atomic mass is 10.2. The second kappa shape index (κ2) is 6.51. The summed E-state index contributed by atoms with van der Waals surface area (Å²) in [4.78, 5) is 0. The van der Waals surface area contributed by atoms with E-state index in [-0.39, 0.29) is 24.9 Å². The summed E-state index contributed by atoms with van der Waals surface area (Å²) in [6.07, 6.45) is -0.800. The normalized spacial score (nSPS) is 12.8. The van der Waals surface area contributed by atoms with Crippen molar-refractivity contribution < 1.29 is 18.6 Å². The number of hydrogen-bond acceptors (Lipinski definition) is 3. The monoisotopic (exact) mass is 245 g/mol. The number of ether oxygens (including phenoxy) is 1. The lowest BCUT2D eigenvalue weighted by molar-refractivity contribution is 0.0111. The van der Waals surface area contributed by atoms with Crippen LogP contribution >= 0.6 is 0 Å². The van der Waals surface area contributed by atoms with E-state index in [2.05, 4.69) is 5.32 Å². The van der Waals surface area contributed by atoms with Crippen molar-refractivity contribution >= 4 is 5.69 Å². The van der Waals surface area contributed by atoms with Crippen molar-refractivity contribution in [2.45, 2.75) is 26.1 Å². The van der Waals surface area contributed by atoms with Gasteiger partial charge in [-0.2, -0.15) is 0 Å². The summed E-state index contributed by atoms with van der Waals surface area (Å²) >= 11 is 0. The highest BCUT2D eigenvalue weighted by Crippen LogP contribution is 2.17. The minimum absolute atomic E-state index is 0.00912. The Kier molecular flexibility index (Phi) is 5.31. The molecule has 0 amide bonds. The fourth-order valence-electron chi connectivity index (χ4n) is 1.25. The molecule has 0 spiro atoms. The average molecular weight is 245 g/mol. The molecule has 0 aliphatic heterocycles. The number of aliphatic hydroxyl groups excluding tert-OH is 1. The van der Waals surface area contributed by atoms with E-state index < -0.39 is 17.7 Å². The summed E-state index contributed by atoms with van der Waals surface area (Å²) < 4.78 is 31.6. The predicted octanol–water partition coefficient (Wildman–Crippen LogP) is 2.16. The highest BCUT2D eigenvalue weighted by Gasteiger charge is 2.10. The summed E-state index contributed by atoms with van der Waals surface area (Å²) in [6, 6.07) is 3.60. The Labute approximate surface area is 99.4 Å². The van der Waals surface area contributed by atoms with Crippen LogP contribution in [0.4, 0.5) is 14.5 Å². The maximum absolute atomic E-state index is 13.2. The number of rotatable bonds is 6. The Morgan fingerprint density at radius 3 is 2.41 bits per heavy atom. The Morgan fingerprint density at radius 2 is 1.88 bits per heavy atom. The maximum Gasteiger partial charge on any atom is 0.149 e. The Bertz CT molecular complexity index is 338. The Balaban J connectivity index is 2.44. The van der Waals surface area contributed by atoms with Crippen LogP contribution in [0.25, 0.3) is 0 Å². The smallest absolute Gasteiger partial charge is 0.149 e. The van der Waals surface area contributed by atoms with Crippen LogP contribution in [0.15, 0.2) is 18.2 Å². The van der Waals surface area contributed by atoms with Crippen molar-refractivity contribution in [2.75, 3.05) is 18.5 Å². The van der Waals surface area contributed by atoms with Gasteiger partial charge in [0.25, 0.3) is 0 Å². The molecule has 0 heterocycles. The van der Waals surface area contributed by atoms with Gasteiger partial charge >= 0.3 is 0 Å². The molecule has 0 fully saturated rings. The number of halogens is 2. The molecule has 5 heteroatoms. The predicted molar refractivity (Wildman–Crippen MR) is 61.9 cm³/mol. The third kappa shape index (κ3) is 4.66. The number of nitrogens with one attached hydrogen (secondary N) is 1. The zero-order chi connectivity index (χ0) is 12.8. The number of hydrogen-bond donors (Lipinski definition) is 2. The van der Waals surface area contributed by atoms with Crippen LogP contribution in [0.1, 0.15) is 13.8 Å². The summed E-state index contributed by atoms with van der Waals surface area (Å²) in [6.45, 7) is 3.85. The van der Waals surface area contributed by atoms with Gasteiger partial charge in [-0.1, -0.05) is 6.07 Å². The second-order valence-corrected chi connectivity index (χ2v) is 4.01. The van der Waals surface area contributed by atoms with Gasteiger partial charge < -0.3 is 15.2 Å². The second-order valence-electron chi connectivity index (χ2n) is 4.01. The van der Waals surface area contributed by atoms with Crippen molar-refractivity contribution in [3.8, 4) is 0 Å². The maximum atomic E-state index is 13.2. The van der Waals surface area contributed by atoms with Gasteiger partial charge in [0, 0.05) is 6.54 Å². The molecule has 17 heavy (non-hydrogen) atoms. The molecule has 0 bridgehead atoms. The zero-order valence-electron chi connectivity index (χ0n) is 9.91. The van der Waals surface area contributed by atoms with Crippen LogP contribution in [0.3, 0.4) is 0 Å². The van der Waals surface area contributed by atoms with Crippen molar-refractivity contribution in [2.24, 2.45) is 0 Å². The van der Waals surface area contributed by atoms with Crippen LogP contribution in [-0.2, 0) is 4.74 Å². The number of benzene rings is 1. The fraction of sp³-hybridized carbons (Fsp3) is 0.500. The minimum Gasteiger partial charge on any atom is -0.389 e. The molecule has 0 saturated heterocycles. The van der Waals surface area contributed by atoms with E-state index in [9.17, 15) is 13.9 Å². The average Bonchev–Trinajstić information content (AvgIpc) is 2.25. The van der Waals surface area contributed by atoms with E-state index in [1.165, 1.54) is 6.07 Å². The molecule has 1 aromatic rings. The molecule has 1 atom stereocenters. The first-order valence-electron chi connectivity index (χ1n) is 5.48. The van der Waals surface area contributed by atoms with Gasteiger partial charge in [0.15, 0.2) is 0 Å². The van der Waals surface area contributed by atoms with Gasteiger partial charge in [-0.25, -0.2) is 8.78 Å². The lowest BCUT2D eigenvalue weighted by Crippen LogP contribution is -2.26. The van der Waals surface area contributed by atoms with E-state index in [4.69, 9.17) is 4.74 Å². The van der Waals surface area contributed by atoms with Crippen LogP contribution < -0.4 is 5.32 Å². The quantitative estimate of drug-likeness (QED) is 0.807. The Hall–Kier alpha value is -1.20. The van der Waals surface area contributed by atoms with Crippen molar-refractivity contribution in [3.05, 3.63) is 29.8 Å². The molecule has 3 nitrogen and oxygen atoms in total. The molecule has 0 aromatic heterocycles. The van der Waals surface area contributed by atoms with Crippen LogP contribution in [0.2, 0.25) is 0 Å². The highest BCUT2D eigenvalue weighted by atomic mass is 19.1. The van der Waals surface area contributed by atoms with E-state index >= 15 is 0 Å². The molecule has 1 unspecified atom stereocenters. The summed E-state index contributed by atoms with van der Waals surface area (Å²) in [5, 5.41) is 12.0. The van der Waals surface area contributed by atoms with E-state index in [1.807, 2.05) is 13.8 Å². The standard InChI is InChI=1S/C12H17F2NO2/c1-8(2)17-7-9(16)6-15-12-10(13)4-3-5-11(12)14/h3-5,8-9,15-16H,6-7H2,1-2H3. The Morgan fingerprint density at radius 1 is 1.29 bits per heavy atom. The summed E-state index contributed by atoms with van der Waals surface area (Å²) in [5.74, 6) is -1.36. The fourth-order valence-corrected chi connectivity index (χ4v) is 1.25. The summed E-state index contributed by atoms with van der Waals surface area (Å²) in [7, 11) is 0. The first kappa shape index (κ1) is 13.9. The van der Waals surface area contributed by atoms with Gasteiger partial charge in [-0.15, -0.1) is 0 Å². The third-order valence-corrected chi connectivity index (χ3v) is 2.10. The molecule has 0 radical (unpaired) electrons.